The van der Waals surface area contributed by atoms with Crippen LogP contribution < -0.4 is 5.73 Å². The van der Waals surface area contributed by atoms with Crippen molar-refractivity contribution in [2.75, 3.05) is 7.05 Å². The number of nitrogens with zero attached hydrogens (tertiary/aromatic N) is 1. The lowest BCUT2D eigenvalue weighted by Crippen LogP contribution is -2.37. The Bertz CT molecular complexity index is 553. The Kier molecular flexibility index (Phi) is 5.31. The van der Waals surface area contributed by atoms with E-state index in [2.05, 4.69) is 15.9 Å². The highest BCUT2D eigenvalue weighted by Gasteiger charge is 2.28. The number of thiocarbonyl (C=S) groups is 1. The summed E-state index contributed by atoms with van der Waals surface area (Å²) in [6, 6.07) is 1.37. The van der Waals surface area contributed by atoms with E-state index in [1.54, 1.807) is 27.0 Å². The summed E-state index contributed by atoms with van der Waals surface area (Å²) in [7, 11) is -1.95. The van der Waals surface area contributed by atoms with Gasteiger partial charge in [-0.05, 0) is 35.8 Å². The van der Waals surface area contributed by atoms with Crippen LogP contribution in [-0.2, 0) is 10.0 Å². The predicted molar refractivity (Wildman–Crippen MR) is 82.6 cm³/mol. The van der Waals surface area contributed by atoms with Gasteiger partial charge in [-0.1, -0.05) is 12.2 Å². The van der Waals surface area contributed by atoms with Gasteiger partial charge in [0.15, 0.2) is 0 Å². The summed E-state index contributed by atoms with van der Waals surface area (Å²) >= 11 is 9.51. The van der Waals surface area contributed by atoms with Crippen molar-refractivity contribution >= 4 is 54.5 Å². The average molecular weight is 371 g/mol. The molecule has 0 amide bonds. The first-order valence-electron chi connectivity index (χ1n) is 5.18. The molecule has 0 aromatic carbocycles. The summed E-state index contributed by atoms with van der Waals surface area (Å²) in [5.41, 5.74) is 5.45. The van der Waals surface area contributed by atoms with Crippen molar-refractivity contribution in [2.45, 2.75) is 31.2 Å². The van der Waals surface area contributed by atoms with Gasteiger partial charge in [0.2, 0.25) is 10.0 Å². The molecule has 0 fully saturated rings. The van der Waals surface area contributed by atoms with Crippen molar-refractivity contribution in [1.29, 1.82) is 0 Å². The summed E-state index contributed by atoms with van der Waals surface area (Å²) in [5.74, 6) is 0. The summed E-state index contributed by atoms with van der Waals surface area (Å²) in [4.78, 5) is 1.40. The number of hydrogen-bond donors (Lipinski definition) is 1. The van der Waals surface area contributed by atoms with Gasteiger partial charge in [-0.3, -0.25) is 0 Å². The van der Waals surface area contributed by atoms with Crippen molar-refractivity contribution in [3.05, 3.63) is 14.7 Å². The third-order valence-corrected chi connectivity index (χ3v) is 6.56. The van der Waals surface area contributed by atoms with E-state index < -0.39 is 10.0 Å². The normalized spacial score (nSPS) is 13.8. The van der Waals surface area contributed by atoms with Crippen LogP contribution in [0.5, 0.6) is 0 Å². The minimum Gasteiger partial charge on any atom is -0.393 e. The van der Waals surface area contributed by atoms with Crippen LogP contribution in [0.2, 0.25) is 0 Å². The number of aryl methyl sites for hydroxylation is 1. The Hall–Kier alpha value is -0.0200. The fourth-order valence-electron chi connectivity index (χ4n) is 1.50. The number of halogens is 1. The Labute approximate surface area is 125 Å². The van der Waals surface area contributed by atoms with Crippen LogP contribution in [0.1, 0.15) is 18.2 Å². The first-order valence-corrected chi connectivity index (χ1v) is 8.64. The Morgan fingerprint density at radius 1 is 1.67 bits per heavy atom. The topological polar surface area (TPSA) is 63.4 Å². The second kappa shape index (κ2) is 5.96. The van der Waals surface area contributed by atoms with Gasteiger partial charge in [-0.25, -0.2) is 8.42 Å². The first-order chi connectivity index (χ1) is 8.16. The first kappa shape index (κ1) is 16.0. The molecule has 1 unspecified atom stereocenters. The molecule has 0 aliphatic heterocycles. The van der Waals surface area contributed by atoms with Crippen molar-refractivity contribution in [3.63, 3.8) is 0 Å². The maximum Gasteiger partial charge on any atom is 0.244 e. The minimum atomic E-state index is -3.50. The van der Waals surface area contributed by atoms with E-state index in [0.717, 1.165) is 8.66 Å². The van der Waals surface area contributed by atoms with Crippen molar-refractivity contribution in [1.82, 2.24) is 4.31 Å². The molecule has 1 aromatic heterocycles. The van der Waals surface area contributed by atoms with Gasteiger partial charge in [-0.2, -0.15) is 4.31 Å². The maximum atomic E-state index is 12.4. The number of thiophene rings is 1. The molecule has 0 saturated carbocycles. The Balaban J connectivity index is 3.07. The molecule has 0 radical (unpaired) electrons. The van der Waals surface area contributed by atoms with Crippen molar-refractivity contribution < 1.29 is 8.42 Å². The SMILES string of the molecule is Cc1sc(Br)cc1S(=O)(=O)N(C)C(C)CC(N)=S. The molecule has 0 bridgehead atoms. The zero-order chi connectivity index (χ0) is 14.1. The molecular weight excluding hydrogens is 356 g/mol. The maximum absolute atomic E-state index is 12.4. The molecule has 1 atom stereocenters. The van der Waals surface area contributed by atoms with E-state index in [9.17, 15) is 8.42 Å². The lowest BCUT2D eigenvalue weighted by atomic mass is 10.2. The highest BCUT2D eigenvalue weighted by atomic mass is 79.9. The van der Waals surface area contributed by atoms with E-state index in [1.807, 2.05) is 0 Å². The number of rotatable bonds is 5. The summed E-state index contributed by atoms with van der Waals surface area (Å²) in [6.45, 7) is 3.57. The zero-order valence-electron chi connectivity index (χ0n) is 10.3. The molecule has 0 aliphatic rings. The fourth-order valence-corrected chi connectivity index (χ4v) is 5.48. The van der Waals surface area contributed by atoms with E-state index >= 15 is 0 Å². The minimum absolute atomic E-state index is 0.259. The summed E-state index contributed by atoms with van der Waals surface area (Å²) < 4.78 is 26.9. The van der Waals surface area contributed by atoms with E-state index in [4.69, 9.17) is 18.0 Å². The van der Waals surface area contributed by atoms with Gasteiger partial charge in [0, 0.05) is 24.4 Å². The predicted octanol–water partition coefficient (Wildman–Crippen LogP) is 2.50. The van der Waals surface area contributed by atoms with Gasteiger partial charge < -0.3 is 5.73 Å². The average Bonchev–Trinajstić information content (AvgIpc) is 2.56. The van der Waals surface area contributed by atoms with Crippen LogP contribution in [0.25, 0.3) is 0 Å². The molecule has 8 heteroatoms. The molecule has 1 aromatic rings. The Morgan fingerprint density at radius 3 is 2.61 bits per heavy atom. The van der Waals surface area contributed by atoms with E-state index in [-0.39, 0.29) is 6.04 Å². The van der Waals surface area contributed by atoms with E-state index in [0.29, 0.717) is 16.3 Å². The molecule has 4 nitrogen and oxygen atoms in total. The lowest BCUT2D eigenvalue weighted by molar-refractivity contribution is 0.397. The van der Waals surface area contributed by atoms with Gasteiger partial charge in [0.05, 0.1) is 13.7 Å². The lowest BCUT2D eigenvalue weighted by Gasteiger charge is -2.23. The van der Waals surface area contributed by atoms with Crippen molar-refractivity contribution in [3.8, 4) is 0 Å². The van der Waals surface area contributed by atoms with E-state index in [1.165, 1.54) is 15.6 Å². The molecule has 0 spiro atoms. The quantitative estimate of drug-likeness (QED) is 0.808. The molecule has 1 rings (SSSR count). The number of nitrogens with two attached hydrogens (primary N) is 1. The third kappa shape index (κ3) is 3.51. The molecule has 102 valence electrons. The van der Waals surface area contributed by atoms with Gasteiger partial charge in [0.25, 0.3) is 0 Å². The summed E-state index contributed by atoms with van der Waals surface area (Å²) in [5, 5.41) is 0. The summed E-state index contributed by atoms with van der Waals surface area (Å²) in [6.07, 6.45) is 0.370. The van der Waals surface area contributed by atoms with Crippen LogP contribution in [-0.4, -0.2) is 30.8 Å². The molecule has 18 heavy (non-hydrogen) atoms. The monoisotopic (exact) mass is 370 g/mol. The molecule has 1 heterocycles. The highest BCUT2D eigenvalue weighted by Crippen LogP contribution is 2.31. The second-order valence-electron chi connectivity index (χ2n) is 4.01. The van der Waals surface area contributed by atoms with Crippen LogP contribution in [0.15, 0.2) is 14.7 Å². The van der Waals surface area contributed by atoms with Gasteiger partial charge in [-0.15, -0.1) is 11.3 Å². The van der Waals surface area contributed by atoms with Gasteiger partial charge in [0.1, 0.15) is 0 Å². The van der Waals surface area contributed by atoms with Crippen LogP contribution in [0, 0.1) is 6.92 Å². The molecular formula is C10H15BrN2O2S3. The second-order valence-corrected chi connectivity index (χ2v) is 9.14. The van der Waals surface area contributed by atoms with Crippen molar-refractivity contribution in [2.24, 2.45) is 5.73 Å². The van der Waals surface area contributed by atoms with Crippen LogP contribution >= 0.6 is 39.5 Å². The fraction of sp³-hybridized carbons (Fsp3) is 0.500. The standard InChI is InChI=1S/C10H15BrN2O2S3/c1-6(4-10(12)16)13(3)18(14,15)8-5-9(11)17-7(8)2/h5-6H,4H2,1-3H3,(H2,12,16). The molecule has 0 aliphatic carbocycles. The zero-order valence-corrected chi connectivity index (χ0v) is 14.3. The largest absolute Gasteiger partial charge is 0.393 e. The van der Waals surface area contributed by atoms with Gasteiger partial charge >= 0.3 is 0 Å². The molecule has 0 saturated heterocycles. The molecule has 2 N–H and O–H groups in total. The number of hydrogen-bond acceptors (Lipinski definition) is 4. The number of sulfonamides is 1. The highest BCUT2D eigenvalue weighted by molar-refractivity contribution is 9.11. The third-order valence-electron chi connectivity index (χ3n) is 2.62. The smallest absolute Gasteiger partial charge is 0.244 e. The van der Waals surface area contributed by atoms with Crippen LogP contribution in [0.3, 0.4) is 0 Å². The Morgan fingerprint density at radius 2 is 2.22 bits per heavy atom. The van der Waals surface area contributed by atoms with Crippen LogP contribution in [0.4, 0.5) is 0 Å².